The molecule has 0 saturated carbocycles. The third-order valence-corrected chi connectivity index (χ3v) is 5.95. The minimum Gasteiger partial charge on any atom is -0.371 e. The Morgan fingerprint density at radius 3 is 2.55 bits per heavy atom. The summed E-state index contributed by atoms with van der Waals surface area (Å²) in [5.74, 6) is 1.48. The number of aliphatic imine (C=N–C) groups is 1. The fourth-order valence-electron chi connectivity index (χ4n) is 4.34. The topological polar surface area (TPSA) is 57.5 Å². The van der Waals surface area contributed by atoms with Crippen molar-refractivity contribution in [3.8, 4) is 5.69 Å². The van der Waals surface area contributed by atoms with Crippen molar-refractivity contribution in [3.63, 3.8) is 0 Å². The van der Waals surface area contributed by atoms with Crippen LogP contribution in [0, 0.1) is 19.8 Å². The summed E-state index contributed by atoms with van der Waals surface area (Å²) in [5.41, 5.74) is 5.72. The molecule has 0 aliphatic carbocycles. The standard InChI is InChI=1S/C26H34N6.HI/c1-4-27-26(28-17-22-14-15-31(19-22)24-11-6-5-7-12-24)29-18-23-10-8-9-13-25(23)32-21(3)16-20(2)30-32;/h5-13,16,22H,4,14-15,17-19H2,1-3H3,(H2,27,28,29);1H. The highest BCUT2D eigenvalue weighted by atomic mass is 127. The summed E-state index contributed by atoms with van der Waals surface area (Å²) >= 11 is 0. The van der Waals surface area contributed by atoms with Crippen LogP contribution >= 0.6 is 24.0 Å². The van der Waals surface area contributed by atoms with Gasteiger partial charge in [0.15, 0.2) is 5.96 Å². The maximum Gasteiger partial charge on any atom is 0.191 e. The number of anilines is 1. The molecular formula is C26H35IN6. The quantitative estimate of drug-likeness (QED) is 0.251. The van der Waals surface area contributed by atoms with Crippen molar-refractivity contribution in [3.05, 3.63) is 77.6 Å². The maximum atomic E-state index is 4.88. The van der Waals surface area contributed by atoms with Gasteiger partial charge >= 0.3 is 0 Å². The molecule has 6 nitrogen and oxygen atoms in total. The number of aromatic nitrogens is 2. The van der Waals surface area contributed by atoms with Crippen LogP contribution in [0.25, 0.3) is 5.69 Å². The van der Waals surface area contributed by atoms with E-state index in [1.807, 2.05) is 11.6 Å². The van der Waals surface area contributed by atoms with E-state index in [-0.39, 0.29) is 24.0 Å². The van der Waals surface area contributed by atoms with E-state index in [9.17, 15) is 0 Å². The van der Waals surface area contributed by atoms with Crippen molar-refractivity contribution < 1.29 is 0 Å². The summed E-state index contributed by atoms with van der Waals surface area (Å²) in [4.78, 5) is 7.36. The van der Waals surface area contributed by atoms with Crippen LogP contribution in [0.1, 0.15) is 30.3 Å². The number of aryl methyl sites for hydroxylation is 2. The highest BCUT2D eigenvalue weighted by Crippen LogP contribution is 2.23. The van der Waals surface area contributed by atoms with Crippen molar-refractivity contribution in [2.24, 2.45) is 10.9 Å². The van der Waals surface area contributed by atoms with Crippen molar-refractivity contribution in [2.75, 3.05) is 31.1 Å². The van der Waals surface area contributed by atoms with Crippen molar-refractivity contribution in [1.29, 1.82) is 0 Å². The zero-order chi connectivity index (χ0) is 22.3. The molecule has 2 aromatic carbocycles. The third kappa shape index (κ3) is 6.50. The number of hydrogen-bond donors (Lipinski definition) is 2. The van der Waals surface area contributed by atoms with E-state index < -0.39 is 0 Å². The first-order valence-corrected chi connectivity index (χ1v) is 11.6. The van der Waals surface area contributed by atoms with Crippen LogP contribution in [0.4, 0.5) is 5.69 Å². The molecule has 4 rings (SSSR count). The van der Waals surface area contributed by atoms with E-state index in [1.165, 1.54) is 12.1 Å². The molecule has 7 heteroatoms. The predicted molar refractivity (Wildman–Crippen MR) is 148 cm³/mol. The molecule has 176 valence electrons. The third-order valence-electron chi connectivity index (χ3n) is 5.95. The Balaban J connectivity index is 0.00000306. The lowest BCUT2D eigenvalue weighted by Crippen LogP contribution is -2.40. The normalized spacial score (nSPS) is 15.9. The molecule has 1 saturated heterocycles. The lowest BCUT2D eigenvalue weighted by Gasteiger charge is -2.19. The van der Waals surface area contributed by atoms with Crippen LogP contribution in [-0.4, -0.2) is 41.9 Å². The van der Waals surface area contributed by atoms with Gasteiger partial charge < -0.3 is 15.5 Å². The van der Waals surface area contributed by atoms with Crippen molar-refractivity contribution in [2.45, 2.75) is 33.7 Å². The molecule has 0 radical (unpaired) electrons. The lowest BCUT2D eigenvalue weighted by molar-refractivity contribution is 0.566. The van der Waals surface area contributed by atoms with Crippen LogP contribution in [0.5, 0.6) is 0 Å². The fourth-order valence-corrected chi connectivity index (χ4v) is 4.34. The molecule has 3 aromatic rings. The van der Waals surface area contributed by atoms with E-state index in [4.69, 9.17) is 4.99 Å². The van der Waals surface area contributed by atoms with Crippen LogP contribution in [-0.2, 0) is 6.54 Å². The number of nitrogens with zero attached hydrogens (tertiary/aromatic N) is 4. The minimum atomic E-state index is 0. The second kappa shape index (κ2) is 12.1. The van der Waals surface area contributed by atoms with Gasteiger partial charge in [-0.1, -0.05) is 36.4 Å². The highest BCUT2D eigenvalue weighted by molar-refractivity contribution is 14.0. The first-order valence-electron chi connectivity index (χ1n) is 11.6. The van der Waals surface area contributed by atoms with E-state index in [2.05, 4.69) is 95.1 Å². The smallest absolute Gasteiger partial charge is 0.191 e. The number of benzene rings is 2. The van der Waals surface area contributed by atoms with Gasteiger partial charge in [0, 0.05) is 37.6 Å². The van der Waals surface area contributed by atoms with Gasteiger partial charge in [0.1, 0.15) is 0 Å². The van der Waals surface area contributed by atoms with E-state index in [1.54, 1.807) is 0 Å². The Morgan fingerprint density at radius 2 is 1.82 bits per heavy atom. The summed E-state index contributed by atoms with van der Waals surface area (Å²) in [7, 11) is 0. The molecule has 0 bridgehead atoms. The molecule has 1 atom stereocenters. The van der Waals surface area contributed by atoms with Crippen molar-refractivity contribution >= 4 is 35.6 Å². The Bertz CT molecular complexity index is 1050. The second-order valence-corrected chi connectivity index (χ2v) is 8.48. The zero-order valence-corrected chi connectivity index (χ0v) is 22.1. The molecule has 1 aliphatic rings. The molecule has 33 heavy (non-hydrogen) atoms. The van der Waals surface area contributed by atoms with Gasteiger partial charge in [-0.05, 0) is 62.9 Å². The van der Waals surface area contributed by atoms with Gasteiger partial charge in [-0.2, -0.15) is 5.10 Å². The summed E-state index contributed by atoms with van der Waals surface area (Å²) < 4.78 is 2.01. The Kier molecular flexibility index (Phi) is 9.17. The van der Waals surface area contributed by atoms with Gasteiger partial charge in [-0.15, -0.1) is 24.0 Å². The van der Waals surface area contributed by atoms with Gasteiger partial charge in [0.25, 0.3) is 0 Å². The largest absolute Gasteiger partial charge is 0.371 e. The Morgan fingerprint density at radius 1 is 1.06 bits per heavy atom. The van der Waals surface area contributed by atoms with Crippen LogP contribution in [0.15, 0.2) is 65.7 Å². The van der Waals surface area contributed by atoms with Crippen molar-refractivity contribution in [1.82, 2.24) is 20.4 Å². The highest BCUT2D eigenvalue weighted by Gasteiger charge is 2.22. The van der Waals surface area contributed by atoms with Crippen LogP contribution < -0.4 is 15.5 Å². The summed E-state index contributed by atoms with van der Waals surface area (Å²) in [6, 6.07) is 21.2. The number of halogens is 1. The molecule has 1 aromatic heterocycles. The first kappa shape index (κ1) is 25.1. The summed E-state index contributed by atoms with van der Waals surface area (Å²) in [6.07, 6.45) is 1.20. The van der Waals surface area contributed by atoms with E-state index in [0.29, 0.717) is 12.5 Å². The van der Waals surface area contributed by atoms with E-state index in [0.717, 1.165) is 54.8 Å². The molecule has 2 N–H and O–H groups in total. The SMILES string of the molecule is CCNC(=NCc1ccccc1-n1nc(C)cc1C)NCC1CCN(c2ccccc2)C1.I. The zero-order valence-electron chi connectivity index (χ0n) is 19.8. The van der Waals surface area contributed by atoms with Crippen LogP contribution in [0.3, 0.4) is 0 Å². The minimum absolute atomic E-state index is 0. The van der Waals surface area contributed by atoms with E-state index >= 15 is 0 Å². The molecular weight excluding hydrogens is 523 g/mol. The maximum absolute atomic E-state index is 4.88. The van der Waals surface area contributed by atoms with Crippen LogP contribution in [0.2, 0.25) is 0 Å². The molecule has 0 spiro atoms. The number of para-hydroxylation sites is 2. The van der Waals surface area contributed by atoms with Gasteiger partial charge in [-0.25, -0.2) is 9.67 Å². The van der Waals surface area contributed by atoms with Gasteiger partial charge in [-0.3, -0.25) is 0 Å². The monoisotopic (exact) mass is 558 g/mol. The van der Waals surface area contributed by atoms with Gasteiger partial charge in [0.05, 0.1) is 17.9 Å². The molecule has 1 unspecified atom stereocenters. The summed E-state index contributed by atoms with van der Waals surface area (Å²) in [6.45, 7) is 10.8. The predicted octanol–water partition coefficient (Wildman–Crippen LogP) is 4.69. The van der Waals surface area contributed by atoms with Gasteiger partial charge in [0.2, 0.25) is 0 Å². The molecule has 1 fully saturated rings. The lowest BCUT2D eigenvalue weighted by atomic mass is 10.1. The number of guanidine groups is 1. The molecule has 0 amide bonds. The average Bonchev–Trinajstić information content (AvgIpc) is 3.42. The summed E-state index contributed by atoms with van der Waals surface area (Å²) in [5, 5.41) is 11.6. The number of rotatable bonds is 7. The Labute approximate surface area is 214 Å². The second-order valence-electron chi connectivity index (χ2n) is 8.48. The number of nitrogens with one attached hydrogen (secondary N) is 2. The molecule has 1 aliphatic heterocycles. The number of hydrogen-bond acceptors (Lipinski definition) is 3. The first-order chi connectivity index (χ1) is 15.6. The molecule has 2 heterocycles. The fraction of sp³-hybridized carbons (Fsp3) is 0.385. The Hall–Kier alpha value is -2.55. The average molecular weight is 559 g/mol.